The van der Waals surface area contributed by atoms with Crippen LogP contribution in [0.4, 0.5) is 0 Å². The van der Waals surface area contributed by atoms with E-state index in [1.165, 1.54) is 0 Å². The van der Waals surface area contributed by atoms with Gasteiger partial charge in [0.1, 0.15) is 5.82 Å². The van der Waals surface area contributed by atoms with Gasteiger partial charge in [0, 0.05) is 31.5 Å². The highest BCUT2D eigenvalue weighted by atomic mass is 16.3. The zero-order chi connectivity index (χ0) is 12.0. The summed E-state index contributed by atoms with van der Waals surface area (Å²) < 4.78 is 2.21. The second-order valence-electron chi connectivity index (χ2n) is 6.05. The van der Waals surface area contributed by atoms with Crippen LogP contribution < -0.4 is 0 Å². The fourth-order valence-electron chi connectivity index (χ4n) is 3.20. The number of aliphatic hydroxyl groups is 1. The average Bonchev–Trinajstić information content (AvgIpc) is 2.84. The zero-order valence-corrected chi connectivity index (χ0v) is 10.6. The molecule has 1 fully saturated rings. The maximum Gasteiger partial charge on any atom is 0.122 e. The Morgan fingerprint density at radius 1 is 1.41 bits per heavy atom. The van der Waals surface area contributed by atoms with Crippen LogP contribution in [0.3, 0.4) is 0 Å². The molecule has 2 unspecified atom stereocenters. The third-order valence-corrected chi connectivity index (χ3v) is 4.49. The maximum absolute atomic E-state index is 10.4. The van der Waals surface area contributed by atoms with Crippen LogP contribution in [0.1, 0.15) is 32.5 Å². The third kappa shape index (κ3) is 1.79. The average molecular weight is 235 g/mol. The van der Waals surface area contributed by atoms with E-state index in [0.29, 0.717) is 6.04 Å². The van der Waals surface area contributed by atoms with Gasteiger partial charge in [-0.2, -0.15) is 0 Å². The van der Waals surface area contributed by atoms with Crippen molar-refractivity contribution < 1.29 is 5.11 Å². The molecule has 1 aromatic rings. The highest BCUT2D eigenvalue weighted by Gasteiger charge is 2.43. The number of hydrogen-bond donors (Lipinski definition) is 1. The Kier molecular flexibility index (Phi) is 2.52. The van der Waals surface area contributed by atoms with Crippen molar-refractivity contribution in [3.05, 3.63) is 18.2 Å². The standard InChI is InChI=1S/C13H21N3O/c1-13(2)4-3-10(12(13)17)16-8-7-15-6-5-14-11(15)9-16/h5-6,10,12,17H,3-4,7-9H2,1-2H3. The van der Waals surface area contributed by atoms with Crippen LogP contribution in [0.25, 0.3) is 0 Å². The molecular formula is C13H21N3O. The number of hydrogen-bond acceptors (Lipinski definition) is 3. The van der Waals surface area contributed by atoms with Crippen molar-refractivity contribution in [3.63, 3.8) is 0 Å². The molecule has 1 aromatic heterocycles. The molecule has 0 saturated heterocycles. The van der Waals surface area contributed by atoms with Crippen molar-refractivity contribution >= 4 is 0 Å². The van der Waals surface area contributed by atoms with E-state index in [1.54, 1.807) is 0 Å². The lowest BCUT2D eigenvalue weighted by molar-refractivity contribution is 0.00476. The first-order valence-corrected chi connectivity index (χ1v) is 6.50. The van der Waals surface area contributed by atoms with Crippen LogP contribution in [0, 0.1) is 5.41 Å². The van der Waals surface area contributed by atoms with E-state index in [4.69, 9.17) is 0 Å². The van der Waals surface area contributed by atoms with Crippen molar-refractivity contribution in [1.29, 1.82) is 0 Å². The molecule has 17 heavy (non-hydrogen) atoms. The first-order valence-electron chi connectivity index (χ1n) is 6.50. The predicted octanol–water partition coefficient (Wildman–Crippen LogP) is 1.25. The van der Waals surface area contributed by atoms with Gasteiger partial charge in [0.15, 0.2) is 0 Å². The number of imidazole rings is 1. The van der Waals surface area contributed by atoms with E-state index in [-0.39, 0.29) is 11.5 Å². The van der Waals surface area contributed by atoms with Crippen LogP contribution in [0.5, 0.6) is 0 Å². The number of nitrogens with zero attached hydrogens (tertiary/aromatic N) is 3. The van der Waals surface area contributed by atoms with E-state index >= 15 is 0 Å². The van der Waals surface area contributed by atoms with Gasteiger partial charge in [0.2, 0.25) is 0 Å². The van der Waals surface area contributed by atoms with Gasteiger partial charge >= 0.3 is 0 Å². The van der Waals surface area contributed by atoms with Gasteiger partial charge in [-0.05, 0) is 18.3 Å². The van der Waals surface area contributed by atoms with Gasteiger partial charge in [-0.15, -0.1) is 0 Å². The Morgan fingerprint density at radius 3 is 2.94 bits per heavy atom. The Hall–Kier alpha value is -0.870. The summed E-state index contributed by atoms with van der Waals surface area (Å²) in [7, 11) is 0. The highest BCUT2D eigenvalue weighted by molar-refractivity contribution is 5.01. The van der Waals surface area contributed by atoms with E-state index in [1.807, 2.05) is 12.4 Å². The Morgan fingerprint density at radius 2 is 2.24 bits per heavy atom. The van der Waals surface area contributed by atoms with Crippen LogP contribution in [0.15, 0.2) is 12.4 Å². The minimum absolute atomic E-state index is 0.0670. The quantitative estimate of drug-likeness (QED) is 0.796. The van der Waals surface area contributed by atoms with Gasteiger partial charge in [-0.25, -0.2) is 4.98 Å². The molecule has 1 aliphatic carbocycles. The van der Waals surface area contributed by atoms with Gasteiger partial charge in [-0.1, -0.05) is 13.8 Å². The predicted molar refractivity (Wildman–Crippen MR) is 65.4 cm³/mol. The minimum Gasteiger partial charge on any atom is -0.391 e. The number of aliphatic hydroxyl groups excluding tert-OH is 1. The van der Waals surface area contributed by atoms with Crippen molar-refractivity contribution in [2.24, 2.45) is 5.41 Å². The summed E-state index contributed by atoms with van der Waals surface area (Å²) in [5.74, 6) is 1.13. The second kappa shape index (κ2) is 3.82. The molecule has 0 bridgehead atoms. The summed E-state index contributed by atoms with van der Waals surface area (Å²) in [5, 5.41) is 10.4. The first-order chi connectivity index (χ1) is 8.08. The molecule has 4 nitrogen and oxygen atoms in total. The lowest BCUT2D eigenvalue weighted by atomic mass is 9.88. The summed E-state index contributed by atoms with van der Waals surface area (Å²) >= 11 is 0. The van der Waals surface area contributed by atoms with Gasteiger partial charge < -0.3 is 9.67 Å². The molecule has 3 rings (SSSR count). The normalized spacial score (nSPS) is 32.6. The molecule has 1 N–H and O–H groups in total. The van der Waals surface area contributed by atoms with Crippen LogP contribution >= 0.6 is 0 Å². The molecule has 1 saturated carbocycles. The molecule has 0 radical (unpaired) electrons. The van der Waals surface area contributed by atoms with Gasteiger partial charge in [0.25, 0.3) is 0 Å². The molecule has 0 amide bonds. The van der Waals surface area contributed by atoms with Crippen molar-refractivity contribution in [1.82, 2.24) is 14.5 Å². The Bertz CT molecular complexity index is 413. The summed E-state index contributed by atoms with van der Waals surface area (Å²) in [4.78, 5) is 6.78. The fourth-order valence-corrected chi connectivity index (χ4v) is 3.20. The largest absolute Gasteiger partial charge is 0.391 e. The number of aromatic nitrogens is 2. The molecule has 4 heteroatoms. The lowest BCUT2D eigenvalue weighted by Crippen LogP contribution is -2.47. The molecule has 2 atom stereocenters. The lowest BCUT2D eigenvalue weighted by Gasteiger charge is -2.36. The minimum atomic E-state index is -0.205. The van der Waals surface area contributed by atoms with Crippen molar-refractivity contribution in [2.75, 3.05) is 6.54 Å². The molecule has 2 heterocycles. The molecular weight excluding hydrogens is 214 g/mol. The number of fused-ring (bicyclic) bond motifs is 1. The van der Waals surface area contributed by atoms with E-state index in [0.717, 1.165) is 38.3 Å². The van der Waals surface area contributed by atoms with Crippen molar-refractivity contribution in [2.45, 2.75) is 51.9 Å². The van der Waals surface area contributed by atoms with Crippen LogP contribution in [-0.2, 0) is 13.1 Å². The fraction of sp³-hybridized carbons (Fsp3) is 0.769. The first kappa shape index (κ1) is 11.2. The molecule has 2 aliphatic rings. The second-order valence-corrected chi connectivity index (χ2v) is 6.05. The Labute approximate surface area is 102 Å². The molecule has 94 valence electrons. The van der Waals surface area contributed by atoms with E-state index in [9.17, 15) is 5.11 Å². The summed E-state index contributed by atoms with van der Waals surface area (Å²) in [6.45, 7) is 7.25. The monoisotopic (exact) mass is 235 g/mol. The maximum atomic E-state index is 10.4. The summed E-state index contributed by atoms with van der Waals surface area (Å²) in [5.41, 5.74) is 0.0670. The van der Waals surface area contributed by atoms with Gasteiger partial charge in [0.05, 0.1) is 12.6 Å². The highest BCUT2D eigenvalue weighted by Crippen LogP contribution is 2.40. The molecule has 1 aliphatic heterocycles. The summed E-state index contributed by atoms with van der Waals surface area (Å²) in [6, 6.07) is 0.315. The van der Waals surface area contributed by atoms with Crippen molar-refractivity contribution in [3.8, 4) is 0 Å². The smallest absolute Gasteiger partial charge is 0.122 e. The zero-order valence-electron chi connectivity index (χ0n) is 10.6. The Balaban J connectivity index is 1.76. The molecule has 0 spiro atoms. The van der Waals surface area contributed by atoms with E-state index in [2.05, 4.69) is 28.3 Å². The van der Waals surface area contributed by atoms with Crippen LogP contribution in [-0.4, -0.2) is 38.2 Å². The third-order valence-electron chi connectivity index (χ3n) is 4.49. The summed E-state index contributed by atoms with van der Waals surface area (Å²) in [6.07, 6.45) is 5.93. The topological polar surface area (TPSA) is 41.3 Å². The van der Waals surface area contributed by atoms with E-state index < -0.39 is 0 Å². The number of rotatable bonds is 1. The SMILES string of the molecule is CC1(C)CCC(N2CCn3ccnc3C2)C1O. The van der Waals surface area contributed by atoms with Crippen LogP contribution in [0.2, 0.25) is 0 Å². The van der Waals surface area contributed by atoms with Gasteiger partial charge in [-0.3, -0.25) is 4.90 Å². The molecule has 0 aromatic carbocycles.